The number of nitrogens with zero attached hydrogens (tertiary/aromatic N) is 2. The van der Waals surface area contributed by atoms with Gasteiger partial charge in [0.25, 0.3) is 0 Å². The summed E-state index contributed by atoms with van der Waals surface area (Å²) in [5.74, 6) is 1.51. The lowest BCUT2D eigenvalue weighted by atomic mass is 9.95. The molecule has 2 fully saturated rings. The van der Waals surface area contributed by atoms with E-state index in [1.165, 1.54) is 12.8 Å². The summed E-state index contributed by atoms with van der Waals surface area (Å²) in [7, 11) is 1.95. The molecular formula is C19H30N2O3. The highest BCUT2D eigenvalue weighted by Crippen LogP contribution is 2.22. The van der Waals surface area contributed by atoms with E-state index >= 15 is 0 Å². The van der Waals surface area contributed by atoms with Gasteiger partial charge >= 0.3 is 0 Å². The fraction of sp³-hybridized carbons (Fsp3) is 0.737. The average molecular weight is 334 g/mol. The van der Waals surface area contributed by atoms with Crippen molar-refractivity contribution in [3.05, 3.63) is 24.2 Å². The second-order valence-corrected chi connectivity index (χ2v) is 7.17. The van der Waals surface area contributed by atoms with Gasteiger partial charge < -0.3 is 14.1 Å². The monoisotopic (exact) mass is 334 g/mol. The highest BCUT2D eigenvalue weighted by atomic mass is 16.5. The maximum atomic E-state index is 12.6. The normalized spacial score (nSPS) is 22.8. The van der Waals surface area contributed by atoms with Crippen molar-refractivity contribution in [2.24, 2.45) is 5.92 Å². The number of carbonyl (C=O) groups excluding carboxylic acids is 1. The zero-order valence-corrected chi connectivity index (χ0v) is 14.8. The minimum absolute atomic E-state index is 0.186. The molecule has 5 nitrogen and oxygen atoms in total. The number of amides is 1. The van der Waals surface area contributed by atoms with E-state index in [0.29, 0.717) is 12.0 Å². The Morgan fingerprint density at radius 1 is 1.33 bits per heavy atom. The first-order valence-electron chi connectivity index (χ1n) is 9.33. The molecule has 0 aliphatic carbocycles. The Morgan fingerprint density at radius 3 is 2.83 bits per heavy atom. The van der Waals surface area contributed by atoms with Crippen molar-refractivity contribution in [1.29, 1.82) is 0 Å². The van der Waals surface area contributed by atoms with Gasteiger partial charge in [-0.05, 0) is 63.7 Å². The third kappa shape index (κ3) is 4.84. The van der Waals surface area contributed by atoms with Crippen LogP contribution in [0.15, 0.2) is 22.8 Å². The highest BCUT2D eigenvalue weighted by molar-refractivity contribution is 5.78. The number of hydrogen-bond donors (Lipinski definition) is 0. The van der Waals surface area contributed by atoms with Crippen LogP contribution < -0.4 is 0 Å². The minimum atomic E-state index is 0.186. The van der Waals surface area contributed by atoms with Crippen LogP contribution in [0, 0.1) is 5.92 Å². The Balaban J connectivity index is 1.34. The lowest BCUT2D eigenvalue weighted by Crippen LogP contribution is -2.41. The van der Waals surface area contributed by atoms with E-state index in [4.69, 9.17) is 9.15 Å². The van der Waals surface area contributed by atoms with Crippen LogP contribution in [-0.2, 0) is 16.1 Å². The van der Waals surface area contributed by atoms with Gasteiger partial charge in [0.15, 0.2) is 0 Å². The lowest BCUT2D eigenvalue weighted by molar-refractivity contribution is -0.135. The van der Waals surface area contributed by atoms with Gasteiger partial charge in [-0.15, -0.1) is 0 Å². The zero-order valence-electron chi connectivity index (χ0n) is 14.8. The Bertz CT molecular complexity index is 489. The summed E-state index contributed by atoms with van der Waals surface area (Å²) in [4.78, 5) is 16.9. The summed E-state index contributed by atoms with van der Waals surface area (Å²) in [5.41, 5.74) is 0. The number of hydrogen-bond acceptors (Lipinski definition) is 4. The van der Waals surface area contributed by atoms with Gasteiger partial charge in [-0.25, -0.2) is 0 Å². The largest absolute Gasteiger partial charge is 0.468 e. The van der Waals surface area contributed by atoms with Crippen LogP contribution in [0.1, 0.15) is 44.3 Å². The van der Waals surface area contributed by atoms with Crippen LogP contribution >= 0.6 is 0 Å². The summed E-state index contributed by atoms with van der Waals surface area (Å²) in [6.45, 7) is 4.56. The molecule has 0 radical (unpaired) electrons. The molecule has 1 aromatic rings. The summed E-state index contributed by atoms with van der Waals surface area (Å²) in [5, 5.41) is 0. The van der Waals surface area contributed by atoms with Crippen molar-refractivity contribution in [1.82, 2.24) is 9.80 Å². The lowest BCUT2D eigenvalue weighted by Gasteiger charge is -2.32. The molecule has 0 bridgehead atoms. The number of ether oxygens (including phenoxy) is 1. The van der Waals surface area contributed by atoms with Crippen LogP contribution in [0.2, 0.25) is 0 Å². The van der Waals surface area contributed by atoms with Gasteiger partial charge in [0.05, 0.1) is 18.9 Å². The van der Waals surface area contributed by atoms with Crippen molar-refractivity contribution in [3.8, 4) is 0 Å². The predicted octanol–water partition coefficient (Wildman–Crippen LogP) is 2.91. The van der Waals surface area contributed by atoms with E-state index in [0.717, 1.165) is 64.2 Å². The van der Waals surface area contributed by atoms with Crippen molar-refractivity contribution >= 4 is 5.91 Å². The van der Waals surface area contributed by atoms with Crippen LogP contribution in [0.5, 0.6) is 0 Å². The molecule has 2 saturated heterocycles. The summed E-state index contributed by atoms with van der Waals surface area (Å²) in [6, 6.07) is 3.94. The molecule has 1 unspecified atom stereocenters. The molecule has 3 heterocycles. The first-order valence-corrected chi connectivity index (χ1v) is 9.33. The second-order valence-electron chi connectivity index (χ2n) is 7.17. The number of likely N-dealkylation sites (tertiary alicyclic amines) is 1. The molecule has 5 heteroatoms. The van der Waals surface area contributed by atoms with E-state index in [2.05, 4.69) is 4.90 Å². The van der Waals surface area contributed by atoms with Crippen LogP contribution in [0.25, 0.3) is 0 Å². The molecule has 2 aliphatic heterocycles. The Labute approximate surface area is 144 Å². The molecule has 1 aromatic heterocycles. The minimum Gasteiger partial charge on any atom is -0.468 e. The maximum absolute atomic E-state index is 12.6. The first kappa shape index (κ1) is 17.5. The second kappa shape index (κ2) is 8.67. The smallest absolute Gasteiger partial charge is 0.225 e. The molecule has 24 heavy (non-hydrogen) atoms. The van der Waals surface area contributed by atoms with Crippen molar-refractivity contribution in [3.63, 3.8) is 0 Å². The number of carbonyl (C=O) groups is 1. The van der Waals surface area contributed by atoms with E-state index in [1.807, 2.05) is 24.1 Å². The topological polar surface area (TPSA) is 45.9 Å². The van der Waals surface area contributed by atoms with E-state index < -0.39 is 0 Å². The number of rotatable bonds is 7. The molecule has 0 N–H and O–H groups in total. The van der Waals surface area contributed by atoms with E-state index in [9.17, 15) is 4.79 Å². The highest BCUT2D eigenvalue weighted by Gasteiger charge is 2.27. The van der Waals surface area contributed by atoms with Crippen LogP contribution in [0.3, 0.4) is 0 Å². The molecule has 0 spiro atoms. The standard InChI is InChI=1S/C19H30N2O3/c1-20(10-2-5-17-6-3-13-23-17)19(22)16-8-11-21(12-9-16)15-18-7-4-14-24-18/h4,7,14,16-17H,2-3,5-6,8-13,15H2,1H3. The third-order valence-corrected chi connectivity index (χ3v) is 5.32. The van der Waals surface area contributed by atoms with Gasteiger partial charge in [-0.3, -0.25) is 9.69 Å². The quantitative estimate of drug-likeness (QED) is 0.769. The fourth-order valence-electron chi connectivity index (χ4n) is 3.81. The number of furan rings is 1. The van der Waals surface area contributed by atoms with Gasteiger partial charge in [-0.2, -0.15) is 0 Å². The predicted molar refractivity (Wildman–Crippen MR) is 92.6 cm³/mol. The van der Waals surface area contributed by atoms with E-state index in [1.54, 1.807) is 6.26 Å². The Hall–Kier alpha value is -1.33. The van der Waals surface area contributed by atoms with Crippen molar-refractivity contribution in [2.75, 3.05) is 33.3 Å². The van der Waals surface area contributed by atoms with Gasteiger partial charge in [-0.1, -0.05) is 0 Å². The molecule has 3 rings (SSSR count). The van der Waals surface area contributed by atoms with Crippen LogP contribution in [0.4, 0.5) is 0 Å². The number of piperidine rings is 1. The van der Waals surface area contributed by atoms with Gasteiger partial charge in [0.2, 0.25) is 5.91 Å². The SMILES string of the molecule is CN(CCCC1CCCO1)C(=O)C1CCN(Cc2ccco2)CC1. The summed E-state index contributed by atoms with van der Waals surface area (Å²) >= 11 is 0. The maximum Gasteiger partial charge on any atom is 0.225 e. The third-order valence-electron chi connectivity index (χ3n) is 5.32. The molecule has 134 valence electrons. The molecule has 2 aliphatic rings. The molecule has 0 aromatic carbocycles. The molecular weight excluding hydrogens is 304 g/mol. The molecule has 1 atom stereocenters. The van der Waals surface area contributed by atoms with Crippen molar-refractivity contribution < 1.29 is 13.9 Å². The summed E-state index contributed by atoms with van der Waals surface area (Å²) in [6.07, 6.45) is 8.56. The molecule has 0 saturated carbocycles. The summed E-state index contributed by atoms with van der Waals surface area (Å²) < 4.78 is 11.1. The fourth-order valence-corrected chi connectivity index (χ4v) is 3.81. The zero-order chi connectivity index (χ0) is 16.8. The Kier molecular flexibility index (Phi) is 6.32. The van der Waals surface area contributed by atoms with E-state index in [-0.39, 0.29) is 5.92 Å². The average Bonchev–Trinajstić information content (AvgIpc) is 3.29. The Morgan fingerprint density at radius 2 is 2.17 bits per heavy atom. The molecule has 1 amide bonds. The van der Waals surface area contributed by atoms with Crippen LogP contribution in [-0.4, -0.2) is 55.1 Å². The van der Waals surface area contributed by atoms with Gasteiger partial charge in [0, 0.05) is 26.1 Å². The van der Waals surface area contributed by atoms with Gasteiger partial charge in [0.1, 0.15) is 5.76 Å². The van der Waals surface area contributed by atoms with Crippen molar-refractivity contribution in [2.45, 2.75) is 51.2 Å². The first-order chi connectivity index (χ1) is 11.7.